The van der Waals surface area contributed by atoms with Crippen molar-refractivity contribution in [2.24, 2.45) is 0 Å². The smallest absolute Gasteiger partial charge is 0.408 e. The normalized spacial score (nSPS) is 18.9. The van der Waals surface area contributed by atoms with Crippen LogP contribution in [0.3, 0.4) is 0 Å². The summed E-state index contributed by atoms with van der Waals surface area (Å²) in [7, 11) is 1.76. The van der Waals surface area contributed by atoms with Crippen LogP contribution in [0.1, 0.15) is 17.2 Å². The van der Waals surface area contributed by atoms with E-state index in [-0.39, 0.29) is 5.56 Å². The molecule has 1 aromatic carbocycles. The third kappa shape index (κ3) is 3.68. The Hall–Kier alpha value is -2.07. The van der Waals surface area contributed by atoms with Crippen LogP contribution >= 0.6 is 11.3 Å². The fourth-order valence-corrected chi connectivity index (χ4v) is 4.33. The lowest BCUT2D eigenvalue weighted by molar-refractivity contribution is -0.187. The van der Waals surface area contributed by atoms with E-state index in [2.05, 4.69) is 15.5 Å². The molecule has 2 aliphatic rings. The Bertz CT molecular complexity index is 804. The van der Waals surface area contributed by atoms with Gasteiger partial charge >= 0.3 is 6.18 Å². The van der Waals surface area contributed by atoms with Crippen LogP contribution in [0.2, 0.25) is 0 Å². The van der Waals surface area contributed by atoms with Gasteiger partial charge in [-0.25, -0.2) is 0 Å². The van der Waals surface area contributed by atoms with Crippen LogP contribution in [0, 0.1) is 0 Å². The van der Waals surface area contributed by atoms with Crippen LogP contribution in [0.15, 0.2) is 18.2 Å². The number of rotatable bonds is 4. The van der Waals surface area contributed by atoms with Gasteiger partial charge in [0.1, 0.15) is 11.8 Å². The monoisotopic (exact) mass is 399 g/mol. The predicted octanol–water partition coefficient (Wildman–Crippen LogP) is 2.94. The first-order valence-electron chi connectivity index (χ1n) is 8.78. The quantitative estimate of drug-likeness (QED) is 0.853. The number of aromatic nitrogens is 2. The molecule has 10 heteroatoms. The number of nitrogens with one attached hydrogen (secondary N) is 1. The summed E-state index contributed by atoms with van der Waals surface area (Å²) in [4.78, 5) is 3.47. The molecule has 27 heavy (non-hydrogen) atoms. The van der Waals surface area contributed by atoms with Crippen molar-refractivity contribution in [1.29, 1.82) is 0 Å². The Morgan fingerprint density at radius 1 is 1.19 bits per heavy atom. The number of alkyl halides is 3. The van der Waals surface area contributed by atoms with E-state index in [4.69, 9.17) is 4.74 Å². The van der Waals surface area contributed by atoms with Gasteiger partial charge in [-0.2, -0.15) is 13.2 Å². The molecule has 1 fully saturated rings. The van der Waals surface area contributed by atoms with Crippen molar-refractivity contribution in [2.75, 3.05) is 50.1 Å². The standard InChI is InChI=1S/C17H20F3N5OS/c1-21-15-22-23-16(27-15)25-7-5-24(6-8-25)14(17(18,19)20)12-3-2-11-4-9-26-13(11)10-12/h2-3,10,14H,4-9H2,1H3,(H,21,22). The van der Waals surface area contributed by atoms with Gasteiger partial charge in [0.15, 0.2) is 0 Å². The first-order valence-corrected chi connectivity index (χ1v) is 9.60. The molecule has 2 aliphatic heterocycles. The summed E-state index contributed by atoms with van der Waals surface area (Å²) in [5.74, 6) is 0.578. The zero-order valence-electron chi connectivity index (χ0n) is 14.8. The number of halogens is 3. The Balaban J connectivity index is 1.51. The number of piperazine rings is 1. The first-order chi connectivity index (χ1) is 13.0. The summed E-state index contributed by atoms with van der Waals surface area (Å²) in [6.45, 7) is 2.09. The number of anilines is 2. The Morgan fingerprint density at radius 3 is 2.63 bits per heavy atom. The van der Waals surface area contributed by atoms with Gasteiger partial charge in [-0.3, -0.25) is 4.90 Å². The van der Waals surface area contributed by atoms with E-state index in [1.807, 2.05) is 4.90 Å². The van der Waals surface area contributed by atoms with E-state index in [1.165, 1.54) is 16.2 Å². The molecular weight excluding hydrogens is 379 g/mol. The molecule has 0 spiro atoms. The highest BCUT2D eigenvalue weighted by molar-refractivity contribution is 7.19. The van der Waals surface area contributed by atoms with Gasteiger partial charge in [0.25, 0.3) is 0 Å². The van der Waals surface area contributed by atoms with Crippen molar-refractivity contribution in [1.82, 2.24) is 15.1 Å². The lowest BCUT2D eigenvalue weighted by Crippen LogP contribution is -2.50. The summed E-state index contributed by atoms with van der Waals surface area (Å²) < 4.78 is 47.1. The molecule has 1 N–H and O–H groups in total. The Kier molecular flexibility index (Phi) is 4.85. The van der Waals surface area contributed by atoms with Gasteiger partial charge in [-0.05, 0) is 17.2 Å². The van der Waals surface area contributed by atoms with Gasteiger partial charge in [0.05, 0.1) is 6.61 Å². The molecule has 0 saturated carbocycles. The Morgan fingerprint density at radius 2 is 1.96 bits per heavy atom. The second-order valence-corrected chi connectivity index (χ2v) is 7.53. The fraction of sp³-hybridized carbons (Fsp3) is 0.529. The third-order valence-electron chi connectivity index (χ3n) is 4.92. The maximum atomic E-state index is 13.9. The number of hydrogen-bond donors (Lipinski definition) is 1. The van der Waals surface area contributed by atoms with Crippen LogP contribution < -0.4 is 15.0 Å². The lowest BCUT2D eigenvalue weighted by atomic mass is 10.0. The van der Waals surface area contributed by atoms with E-state index in [0.717, 1.165) is 17.1 Å². The number of hydrogen-bond acceptors (Lipinski definition) is 7. The second-order valence-electron chi connectivity index (χ2n) is 6.57. The van der Waals surface area contributed by atoms with E-state index in [9.17, 15) is 13.2 Å². The minimum atomic E-state index is -4.35. The minimum absolute atomic E-state index is 0.241. The number of benzene rings is 1. The average Bonchev–Trinajstić information content (AvgIpc) is 3.30. The molecule has 0 bridgehead atoms. The van der Waals surface area contributed by atoms with E-state index in [0.29, 0.717) is 43.7 Å². The minimum Gasteiger partial charge on any atom is -0.493 e. The number of ether oxygens (including phenoxy) is 1. The van der Waals surface area contributed by atoms with Crippen LogP contribution in [-0.2, 0) is 6.42 Å². The molecule has 1 aromatic heterocycles. The van der Waals surface area contributed by atoms with E-state index >= 15 is 0 Å². The molecule has 0 amide bonds. The summed E-state index contributed by atoms with van der Waals surface area (Å²) in [5.41, 5.74) is 1.21. The molecule has 0 radical (unpaired) electrons. The molecule has 4 rings (SSSR count). The first kappa shape index (κ1) is 18.3. The molecule has 6 nitrogen and oxygen atoms in total. The van der Waals surface area contributed by atoms with Gasteiger partial charge in [-0.1, -0.05) is 23.5 Å². The number of nitrogens with zero attached hydrogens (tertiary/aromatic N) is 4. The second kappa shape index (κ2) is 7.16. The highest BCUT2D eigenvalue weighted by Gasteiger charge is 2.45. The largest absolute Gasteiger partial charge is 0.493 e. The predicted molar refractivity (Wildman–Crippen MR) is 97.7 cm³/mol. The van der Waals surface area contributed by atoms with Crippen LogP contribution in [-0.4, -0.2) is 61.1 Å². The summed E-state index contributed by atoms with van der Waals surface area (Å²) >= 11 is 1.40. The molecule has 0 aliphatic carbocycles. The van der Waals surface area contributed by atoms with E-state index < -0.39 is 12.2 Å². The molecule has 1 saturated heterocycles. The third-order valence-corrected chi connectivity index (χ3v) is 5.93. The molecule has 1 unspecified atom stereocenters. The van der Waals surface area contributed by atoms with Crippen molar-refractivity contribution < 1.29 is 17.9 Å². The number of fused-ring (bicyclic) bond motifs is 1. The van der Waals surface area contributed by atoms with Crippen LogP contribution in [0.4, 0.5) is 23.4 Å². The molecular formula is C17H20F3N5OS. The van der Waals surface area contributed by atoms with Crippen molar-refractivity contribution in [3.8, 4) is 5.75 Å². The van der Waals surface area contributed by atoms with Gasteiger partial charge in [-0.15, -0.1) is 10.2 Å². The molecule has 2 aromatic rings. The van der Waals surface area contributed by atoms with Crippen molar-refractivity contribution in [2.45, 2.75) is 18.6 Å². The lowest BCUT2D eigenvalue weighted by Gasteiger charge is -2.39. The van der Waals surface area contributed by atoms with Gasteiger partial charge in [0, 0.05) is 39.6 Å². The maximum absolute atomic E-state index is 13.9. The summed E-state index contributed by atoms with van der Waals surface area (Å²) in [6.07, 6.45) is -3.60. The van der Waals surface area contributed by atoms with Gasteiger partial charge in [0.2, 0.25) is 10.3 Å². The van der Waals surface area contributed by atoms with Crippen LogP contribution in [0.25, 0.3) is 0 Å². The van der Waals surface area contributed by atoms with Gasteiger partial charge < -0.3 is 15.0 Å². The zero-order chi connectivity index (χ0) is 19.0. The summed E-state index contributed by atoms with van der Waals surface area (Å²) in [5, 5.41) is 12.4. The van der Waals surface area contributed by atoms with Crippen LogP contribution in [0.5, 0.6) is 5.75 Å². The maximum Gasteiger partial charge on any atom is 0.408 e. The fourth-order valence-electron chi connectivity index (χ4n) is 3.58. The highest BCUT2D eigenvalue weighted by Crippen LogP contribution is 2.41. The molecule has 3 heterocycles. The SMILES string of the molecule is CNc1nnc(N2CCN(C(c3ccc4c(c3)OCC4)C(F)(F)F)CC2)s1. The van der Waals surface area contributed by atoms with Crippen molar-refractivity contribution in [3.63, 3.8) is 0 Å². The Labute approximate surface area is 158 Å². The molecule has 146 valence electrons. The van der Waals surface area contributed by atoms with Crippen molar-refractivity contribution >= 4 is 21.6 Å². The van der Waals surface area contributed by atoms with Crippen molar-refractivity contribution in [3.05, 3.63) is 29.3 Å². The summed E-state index contributed by atoms with van der Waals surface area (Å²) in [6, 6.07) is 3.27. The van der Waals surface area contributed by atoms with E-state index in [1.54, 1.807) is 25.2 Å². The average molecular weight is 399 g/mol. The topological polar surface area (TPSA) is 53.5 Å². The highest BCUT2D eigenvalue weighted by atomic mass is 32.1. The molecule has 1 atom stereocenters. The zero-order valence-corrected chi connectivity index (χ0v) is 15.6.